The molecular weight excluding hydrogens is 270 g/mol. The number of fused-ring (bicyclic) bond motifs is 2. The maximum atomic E-state index is 6.32. The predicted molar refractivity (Wildman–Crippen MR) is 79.9 cm³/mol. The first-order chi connectivity index (χ1) is 9.81. The lowest BCUT2D eigenvalue weighted by molar-refractivity contribution is 0.598. The van der Waals surface area contributed by atoms with Crippen LogP contribution in [-0.4, -0.2) is 9.38 Å². The summed E-state index contributed by atoms with van der Waals surface area (Å²) < 4.78 is 7.58. The van der Waals surface area contributed by atoms with E-state index in [1.165, 1.54) is 0 Å². The van der Waals surface area contributed by atoms with E-state index < -0.39 is 0 Å². The number of hydrogen-bond acceptors (Lipinski definition) is 4. The van der Waals surface area contributed by atoms with Crippen molar-refractivity contribution in [2.75, 3.05) is 0 Å². The molecule has 1 aromatic carbocycles. The highest BCUT2D eigenvalue weighted by Gasteiger charge is 2.15. The number of nitrogens with zero attached hydrogens (tertiary/aromatic N) is 2. The van der Waals surface area contributed by atoms with Crippen LogP contribution in [0.3, 0.4) is 0 Å². The predicted octanol–water partition coefficient (Wildman–Crippen LogP) is 3.38. The van der Waals surface area contributed by atoms with Gasteiger partial charge in [0.2, 0.25) is 0 Å². The molecule has 4 rings (SSSR count). The Balaban J connectivity index is 1.66. The van der Waals surface area contributed by atoms with Crippen LogP contribution in [0.2, 0.25) is 0 Å². The van der Waals surface area contributed by atoms with Crippen molar-refractivity contribution in [3.05, 3.63) is 59.6 Å². The van der Waals surface area contributed by atoms with E-state index in [0.29, 0.717) is 6.42 Å². The number of hydrogen-bond donors (Lipinski definition) is 1. The first-order valence-electron chi connectivity index (χ1n) is 6.44. The zero-order valence-electron chi connectivity index (χ0n) is 10.7. The largest absolute Gasteiger partial charge is 0.464 e. The van der Waals surface area contributed by atoms with Crippen molar-refractivity contribution < 1.29 is 4.42 Å². The van der Waals surface area contributed by atoms with Crippen LogP contribution in [0.25, 0.3) is 15.9 Å². The molecule has 5 heteroatoms. The summed E-state index contributed by atoms with van der Waals surface area (Å²) in [5.74, 6) is 0. The molecule has 0 saturated heterocycles. The van der Waals surface area contributed by atoms with Crippen molar-refractivity contribution in [2.24, 2.45) is 5.73 Å². The molecule has 0 spiro atoms. The maximum Gasteiger partial charge on any atom is 0.193 e. The van der Waals surface area contributed by atoms with Crippen LogP contribution in [0.5, 0.6) is 0 Å². The Bertz CT molecular complexity index is 845. The van der Waals surface area contributed by atoms with Crippen molar-refractivity contribution in [3.8, 4) is 0 Å². The van der Waals surface area contributed by atoms with E-state index in [1.807, 2.05) is 46.4 Å². The third-order valence-corrected chi connectivity index (χ3v) is 4.25. The quantitative estimate of drug-likeness (QED) is 0.627. The Morgan fingerprint density at radius 2 is 2.25 bits per heavy atom. The Kier molecular flexibility index (Phi) is 2.61. The molecular formula is C15H13N3OS. The van der Waals surface area contributed by atoms with E-state index in [-0.39, 0.29) is 6.04 Å². The standard InChI is InChI=1S/C15H13N3OS/c16-13(7-10-8-18-5-6-20-15(18)17-10)12-9-19-14-4-2-1-3-11(12)14/h1-6,8-9,13H,7,16H2. The van der Waals surface area contributed by atoms with Gasteiger partial charge in [0.1, 0.15) is 5.58 Å². The molecule has 4 nitrogen and oxygen atoms in total. The summed E-state index contributed by atoms with van der Waals surface area (Å²) in [6, 6.07) is 7.85. The van der Waals surface area contributed by atoms with Gasteiger partial charge in [-0.1, -0.05) is 18.2 Å². The minimum absolute atomic E-state index is 0.108. The summed E-state index contributed by atoms with van der Waals surface area (Å²) in [6.45, 7) is 0. The SMILES string of the molecule is NC(Cc1cn2ccsc2n1)c1coc2ccccc12. The maximum absolute atomic E-state index is 6.32. The van der Waals surface area contributed by atoms with Gasteiger partial charge in [-0.2, -0.15) is 0 Å². The number of aromatic nitrogens is 2. The van der Waals surface area contributed by atoms with E-state index in [9.17, 15) is 0 Å². The molecule has 2 N–H and O–H groups in total. The highest BCUT2D eigenvalue weighted by atomic mass is 32.1. The topological polar surface area (TPSA) is 56.5 Å². The van der Waals surface area contributed by atoms with Gasteiger partial charge in [0, 0.05) is 41.2 Å². The number of benzene rings is 1. The van der Waals surface area contributed by atoms with Crippen LogP contribution >= 0.6 is 11.3 Å². The van der Waals surface area contributed by atoms with Crippen molar-refractivity contribution in [2.45, 2.75) is 12.5 Å². The average molecular weight is 283 g/mol. The molecule has 1 atom stereocenters. The Morgan fingerprint density at radius 3 is 3.15 bits per heavy atom. The van der Waals surface area contributed by atoms with Crippen LogP contribution in [0.4, 0.5) is 0 Å². The fourth-order valence-electron chi connectivity index (χ4n) is 2.50. The fraction of sp³-hybridized carbons (Fsp3) is 0.133. The average Bonchev–Trinajstić information content (AvgIpc) is 3.10. The molecule has 0 bridgehead atoms. The number of rotatable bonds is 3. The van der Waals surface area contributed by atoms with Crippen LogP contribution in [0.15, 0.2) is 52.7 Å². The van der Waals surface area contributed by atoms with Crippen LogP contribution < -0.4 is 5.73 Å². The van der Waals surface area contributed by atoms with E-state index in [4.69, 9.17) is 10.2 Å². The fourth-order valence-corrected chi connectivity index (χ4v) is 3.21. The van der Waals surface area contributed by atoms with Gasteiger partial charge in [0.15, 0.2) is 4.96 Å². The molecule has 1 unspecified atom stereocenters. The van der Waals surface area contributed by atoms with Gasteiger partial charge in [-0.05, 0) is 6.07 Å². The van der Waals surface area contributed by atoms with Crippen LogP contribution in [-0.2, 0) is 6.42 Å². The zero-order chi connectivity index (χ0) is 13.5. The second-order valence-corrected chi connectivity index (χ2v) is 5.70. The monoisotopic (exact) mass is 283 g/mol. The molecule has 20 heavy (non-hydrogen) atoms. The number of furan rings is 1. The second-order valence-electron chi connectivity index (χ2n) is 4.82. The highest BCUT2D eigenvalue weighted by molar-refractivity contribution is 7.15. The van der Waals surface area contributed by atoms with Gasteiger partial charge in [-0.3, -0.25) is 4.40 Å². The van der Waals surface area contributed by atoms with E-state index in [2.05, 4.69) is 4.98 Å². The summed E-state index contributed by atoms with van der Waals surface area (Å²) in [4.78, 5) is 5.58. The van der Waals surface area contributed by atoms with Crippen molar-refractivity contribution >= 4 is 27.3 Å². The minimum atomic E-state index is -0.108. The van der Waals surface area contributed by atoms with Gasteiger partial charge in [0.25, 0.3) is 0 Å². The highest BCUT2D eigenvalue weighted by Crippen LogP contribution is 2.27. The lowest BCUT2D eigenvalue weighted by atomic mass is 10.0. The molecule has 0 aliphatic carbocycles. The Morgan fingerprint density at radius 1 is 1.35 bits per heavy atom. The zero-order valence-corrected chi connectivity index (χ0v) is 11.5. The molecule has 0 aliphatic rings. The van der Waals surface area contributed by atoms with Crippen molar-refractivity contribution in [1.29, 1.82) is 0 Å². The molecule has 0 radical (unpaired) electrons. The van der Waals surface area contributed by atoms with Crippen molar-refractivity contribution in [1.82, 2.24) is 9.38 Å². The van der Waals surface area contributed by atoms with Gasteiger partial charge in [-0.15, -0.1) is 11.3 Å². The van der Waals surface area contributed by atoms with Gasteiger partial charge in [0.05, 0.1) is 12.0 Å². The Labute approximate surface area is 119 Å². The van der Waals surface area contributed by atoms with Gasteiger partial charge in [-0.25, -0.2) is 4.98 Å². The first-order valence-corrected chi connectivity index (χ1v) is 7.32. The van der Waals surface area contributed by atoms with Gasteiger partial charge < -0.3 is 10.2 Å². The van der Waals surface area contributed by atoms with Crippen LogP contribution in [0.1, 0.15) is 17.3 Å². The summed E-state index contributed by atoms with van der Waals surface area (Å²) in [5.41, 5.74) is 9.25. The number of imidazole rings is 1. The molecule has 4 aromatic rings. The molecule has 0 fully saturated rings. The van der Waals surface area contributed by atoms with Crippen molar-refractivity contribution in [3.63, 3.8) is 0 Å². The second kappa shape index (κ2) is 4.47. The first kappa shape index (κ1) is 11.7. The minimum Gasteiger partial charge on any atom is -0.464 e. The third-order valence-electron chi connectivity index (χ3n) is 3.48. The molecule has 3 aromatic heterocycles. The third kappa shape index (κ3) is 1.83. The number of para-hydroxylation sites is 1. The summed E-state index contributed by atoms with van der Waals surface area (Å²) in [6.07, 6.45) is 6.51. The summed E-state index contributed by atoms with van der Waals surface area (Å²) >= 11 is 1.63. The lowest BCUT2D eigenvalue weighted by Crippen LogP contribution is -2.13. The summed E-state index contributed by atoms with van der Waals surface area (Å²) in [5, 5.41) is 3.11. The molecule has 0 aliphatic heterocycles. The van der Waals surface area contributed by atoms with Gasteiger partial charge >= 0.3 is 0 Å². The lowest BCUT2D eigenvalue weighted by Gasteiger charge is -2.07. The molecule has 0 amide bonds. The molecule has 0 saturated carbocycles. The number of nitrogens with two attached hydrogens (primary N) is 1. The smallest absolute Gasteiger partial charge is 0.193 e. The summed E-state index contributed by atoms with van der Waals surface area (Å²) in [7, 11) is 0. The van der Waals surface area contributed by atoms with Crippen LogP contribution in [0, 0.1) is 0 Å². The Hall–Kier alpha value is -2.11. The molecule has 3 heterocycles. The van der Waals surface area contributed by atoms with E-state index in [1.54, 1.807) is 17.6 Å². The molecule has 100 valence electrons. The van der Waals surface area contributed by atoms with E-state index >= 15 is 0 Å². The normalized spacial score (nSPS) is 13.2. The van der Waals surface area contributed by atoms with E-state index in [0.717, 1.165) is 27.2 Å². The number of thiazole rings is 1.